The molecule has 0 N–H and O–H groups in total. The molecule has 0 saturated carbocycles. The second kappa shape index (κ2) is 8.08. The highest BCUT2D eigenvalue weighted by atomic mass is 16.5. The number of hydrogen-bond donors (Lipinski definition) is 0. The molecule has 1 aromatic carbocycles. The van der Waals surface area contributed by atoms with Crippen molar-refractivity contribution in [2.24, 2.45) is 0 Å². The molecular weight excluding hydrogens is 330 g/mol. The Kier molecular flexibility index (Phi) is 5.61. The van der Waals surface area contributed by atoms with E-state index in [0.717, 1.165) is 24.5 Å². The van der Waals surface area contributed by atoms with Crippen molar-refractivity contribution in [3.63, 3.8) is 0 Å². The minimum atomic E-state index is -0.0716. The molecule has 6 nitrogen and oxygen atoms in total. The molecule has 0 aliphatic carbocycles. The molecular formula is C20H25N3O3. The highest BCUT2D eigenvalue weighted by Crippen LogP contribution is 2.22. The van der Waals surface area contributed by atoms with E-state index in [1.165, 1.54) is 6.07 Å². The fourth-order valence-electron chi connectivity index (χ4n) is 3.36. The molecule has 1 aliphatic rings. The van der Waals surface area contributed by atoms with E-state index in [1.54, 1.807) is 23.9 Å². The lowest BCUT2D eigenvalue weighted by Crippen LogP contribution is -2.54. The fourth-order valence-corrected chi connectivity index (χ4v) is 3.36. The molecule has 1 unspecified atom stereocenters. The maximum Gasteiger partial charge on any atom is 0.250 e. The molecule has 0 bridgehead atoms. The quantitative estimate of drug-likeness (QED) is 0.823. The zero-order chi connectivity index (χ0) is 18.5. The van der Waals surface area contributed by atoms with E-state index in [-0.39, 0.29) is 17.5 Å². The van der Waals surface area contributed by atoms with Crippen LogP contribution >= 0.6 is 0 Å². The largest absolute Gasteiger partial charge is 0.497 e. The van der Waals surface area contributed by atoms with E-state index in [1.807, 2.05) is 35.2 Å². The lowest BCUT2D eigenvalue weighted by Gasteiger charge is -2.41. The summed E-state index contributed by atoms with van der Waals surface area (Å²) in [4.78, 5) is 28.5. The Balaban J connectivity index is 1.56. The summed E-state index contributed by atoms with van der Waals surface area (Å²) in [5.74, 6) is 0.939. The first-order chi connectivity index (χ1) is 12.6. The van der Waals surface area contributed by atoms with E-state index < -0.39 is 0 Å². The van der Waals surface area contributed by atoms with Crippen LogP contribution < -0.4 is 15.2 Å². The molecule has 26 heavy (non-hydrogen) atoms. The van der Waals surface area contributed by atoms with Crippen molar-refractivity contribution in [3.05, 3.63) is 59.0 Å². The van der Waals surface area contributed by atoms with Crippen LogP contribution in [0.4, 0.5) is 5.69 Å². The summed E-state index contributed by atoms with van der Waals surface area (Å²) in [7, 11) is 1.66. The van der Waals surface area contributed by atoms with Crippen molar-refractivity contribution in [2.45, 2.75) is 25.9 Å². The Hall–Kier alpha value is -2.76. The topological polar surface area (TPSA) is 54.8 Å². The van der Waals surface area contributed by atoms with E-state index >= 15 is 0 Å². The van der Waals surface area contributed by atoms with Gasteiger partial charge in [-0.1, -0.05) is 6.07 Å². The molecule has 1 atom stereocenters. The van der Waals surface area contributed by atoms with Gasteiger partial charge in [-0.2, -0.15) is 0 Å². The van der Waals surface area contributed by atoms with Crippen LogP contribution in [0.25, 0.3) is 0 Å². The number of piperazine rings is 1. The van der Waals surface area contributed by atoms with Crippen molar-refractivity contribution in [2.75, 3.05) is 31.6 Å². The van der Waals surface area contributed by atoms with E-state index in [0.29, 0.717) is 19.5 Å². The number of rotatable bonds is 5. The summed E-state index contributed by atoms with van der Waals surface area (Å²) in [5.41, 5.74) is 1.07. The predicted molar refractivity (Wildman–Crippen MR) is 102 cm³/mol. The molecule has 138 valence electrons. The second-order valence-corrected chi connectivity index (χ2v) is 6.56. The molecule has 0 radical (unpaired) electrons. The number of ether oxygens (including phenoxy) is 1. The third kappa shape index (κ3) is 4.07. The Bertz CT molecular complexity index is 800. The van der Waals surface area contributed by atoms with Crippen LogP contribution in [-0.2, 0) is 11.3 Å². The molecule has 2 heterocycles. The van der Waals surface area contributed by atoms with Gasteiger partial charge in [-0.3, -0.25) is 9.59 Å². The molecule has 6 heteroatoms. The minimum absolute atomic E-state index is 0.0716. The maximum atomic E-state index is 12.6. The summed E-state index contributed by atoms with van der Waals surface area (Å²) in [6.45, 7) is 4.78. The Morgan fingerprint density at radius 2 is 1.92 bits per heavy atom. The van der Waals surface area contributed by atoms with Crippen LogP contribution in [0.15, 0.2) is 53.5 Å². The first kappa shape index (κ1) is 18.0. The molecule has 1 amide bonds. The summed E-state index contributed by atoms with van der Waals surface area (Å²) in [6.07, 6.45) is 2.07. The van der Waals surface area contributed by atoms with Gasteiger partial charge >= 0.3 is 0 Å². The lowest BCUT2D eigenvalue weighted by molar-refractivity contribution is -0.133. The monoisotopic (exact) mass is 355 g/mol. The Morgan fingerprint density at radius 3 is 2.58 bits per heavy atom. The van der Waals surface area contributed by atoms with E-state index in [9.17, 15) is 9.59 Å². The van der Waals surface area contributed by atoms with Crippen LogP contribution in [0, 0.1) is 0 Å². The number of nitrogens with zero attached hydrogens (tertiary/aromatic N) is 3. The normalized spacial score (nSPS) is 17.2. The Labute approximate surface area is 153 Å². The lowest BCUT2D eigenvalue weighted by atomic mass is 10.1. The van der Waals surface area contributed by atoms with Gasteiger partial charge in [0.05, 0.1) is 7.11 Å². The number of amides is 1. The van der Waals surface area contributed by atoms with Crippen molar-refractivity contribution in [1.82, 2.24) is 9.47 Å². The van der Waals surface area contributed by atoms with Gasteiger partial charge in [0, 0.05) is 56.6 Å². The average Bonchev–Trinajstić information content (AvgIpc) is 2.67. The van der Waals surface area contributed by atoms with Crippen LogP contribution in [-0.4, -0.2) is 48.2 Å². The standard InChI is InChI=1S/C20H25N3O3/c1-16-15-22(17-6-8-18(26-2)9-7-17)13-14-23(16)20(25)10-12-21-11-4-3-5-19(21)24/h3-9,11,16H,10,12-15H2,1-2H3. The van der Waals surface area contributed by atoms with Crippen LogP contribution in [0.5, 0.6) is 5.75 Å². The Morgan fingerprint density at radius 1 is 1.15 bits per heavy atom. The summed E-state index contributed by atoms with van der Waals surface area (Å²) in [6, 6.07) is 13.2. The number of methoxy groups -OCH3 is 1. The van der Waals surface area contributed by atoms with Gasteiger partial charge in [-0.05, 0) is 37.3 Å². The first-order valence-corrected chi connectivity index (χ1v) is 8.92. The van der Waals surface area contributed by atoms with Crippen molar-refractivity contribution in [3.8, 4) is 5.75 Å². The fraction of sp³-hybridized carbons (Fsp3) is 0.400. The highest BCUT2D eigenvalue weighted by Gasteiger charge is 2.27. The SMILES string of the molecule is COc1ccc(N2CCN(C(=O)CCn3ccccc3=O)C(C)C2)cc1. The minimum Gasteiger partial charge on any atom is -0.497 e. The average molecular weight is 355 g/mol. The number of hydrogen-bond acceptors (Lipinski definition) is 4. The second-order valence-electron chi connectivity index (χ2n) is 6.56. The van der Waals surface area contributed by atoms with Crippen LogP contribution in [0.2, 0.25) is 0 Å². The number of aromatic nitrogens is 1. The summed E-state index contributed by atoms with van der Waals surface area (Å²) >= 11 is 0. The molecule has 0 spiro atoms. The molecule has 1 aromatic heterocycles. The van der Waals surface area contributed by atoms with Gasteiger partial charge < -0.3 is 19.1 Å². The smallest absolute Gasteiger partial charge is 0.250 e. The zero-order valence-corrected chi connectivity index (χ0v) is 15.3. The van der Waals surface area contributed by atoms with Crippen molar-refractivity contribution < 1.29 is 9.53 Å². The van der Waals surface area contributed by atoms with Gasteiger partial charge in [0.1, 0.15) is 5.75 Å². The molecule has 2 aromatic rings. The van der Waals surface area contributed by atoms with Gasteiger partial charge in [-0.25, -0.2) is 0 Å². The predicted octanol–water partition coefficient (Wildman–Crippen LogP) is 1.98. The first-order valence-electron chi connectivity index (χ1n) is 8.92. The van der Waals surface area contributed by atoms with Gasteiger partial charge in [0.25, 0.3) is 5.56 Å². The number of anilines is 1. The number of benzene rings is 1. The van der Waals surface area contributed by atoms with Gasteiger partial charge in [0.15, 0.2) is 0 Å². The highest BCUT2D eigenvalue weighted by molar-refractivity contribution is 5.77. The maximum absolute atomic E-state index is 12.6. The summed E-state index contributed by atoms with van der Waals surface area (Å²) < 4.78 is 6.78. The van der Waals surface area contributed by atoms with Crippen molar-refractivity contribution in [1.29, 1.82) is 0 Å². The van der Waals surface area contributed by atoms with Crippen LogP contribution in [0.3, 0.4) is 0 Å². The van der Waals surface area contributed by atoms with Gasteiger partial charge in [-0.15, -0.1) is 0 Å². The zero-order valence-electron chi connectivity index (χ0n) is 15.3. The molecule has 1 fully saturated rings. The van der Waals surface area contributed by atoms with Crippen LogP contribution in [0.1, 0.15) is 13.3 Å². The molecule has 1 aliphatic heterocycles. The number of aryl methyl sites for hydroxylation is 1. The van der Waals surface area contributed by atoms with E-state index in [4.69, 9.17) is 4.74 Å². The summed E-state index contributed by atoms with van der Waals surface area (Å²) in [5, 5.41) is 0. The molecule has 1 saturated heterocycles. The third-order valence-corrected chi connectivity index (χ3v) is 4.85. The molecule has 3 rings (SSSR count). The number of pyridine rings is 1. The van der Waals surface area contributed by atoms with Crippen molar-refractivity contribution >= 4 is 11.6 Å². The number of carbonyl (C=O) groups is 1. The third-order valence-electron chi connectivity index (χ3n) is 4.85. The van der Waals surface area contributed by atoms with Gasteiger partial charge in [0.2, 0.25) is 5.91 Å². The van der Waals surface area contributed by atoms with E-state index in [2.05, 4.69) is 11.8 Å². The number of carbonyl (C=O) groups excluding carboxylic acids is 1.